The largest absolute Gasteiger partial charge is 0.502 e. The van der Waals surface area contributed by atoms with E-state index >= 15 is 0 Å². The first kappa shape index (κ1) is 27.8. The van der Waals surface area contributed by atoms with Crippen molar-refractivity contribution >= 4 is 23.4 Å². The Hall–Kier alpha value is -4.25. The zero-order valence-electron chi connectivity index (χ0n) is 22.6. The highest BCUT2D eigenvalue weighted by atomic mass is 32.1. The van der Waals surface area contributed by atoms with Crippen LogP contribution in [0.5, 0.6) is 28.7 Å². The molecule has 0 saturated carbocycles. The average molecular weight is 555 g/mol. The number of phenolic OH excluding ortho intramolecular Hbond substituents is 1. The van der Waals surface area contributed by atoms with Gasteiger partial charge in [0.25, 0.3) is 5.56 Å². The van der Waals surface area contributed by atoms with Gasteiger partial charge in [0.15, 0.2) is 27.8 Å². The fourth-order valence-electron chi connectivity index (χ4n) is 4.39. The van der Waals surface area contributed by atoms with Crippen LogP contribution in [0.4, 0.5) is 0 Å². The molecule has 0 amide bonds. The van der Waals surface area contributed by atoms with E-state index in [4.69, 9.17) is 23.7 Å². The Balaban J connectivity index is 1.97. The monoisotopic (exact) mass is 554 g/mol. The van der Waals surface area contributed by atoms with Crippen molar-refractivity contribution in [1.29, 1.82) is 0 Å². The van der Waals surface area contributed by atoms with E-state index in [2.05, 4.69) is 4.99 Å². The third kappa shape index (κ3) is 5.22. The average Bonchev–Trinajstić information content (AvgIpc) is 3.22. The van der Waals surface area contributed by atoms with E-state index in [-0.39, 0.29) is 35.0 Å². The van der Waals surface area contributed by atoms with Gasteiger partial charge in [0.2, 0.25) is 5.75 Å². The normalized spacial score (nSPS) is 14.9. The Kier molecular flexibility index (Phi) is 8.29. The number of methoxy groups -OCH3 is 3. The number of hydrogen-bond acceptors (Lipinski definition) is 10. The first-order valence-electron chi connectivity index (χ1n) is 12.2. The molecule has 2 heterocycles. The van der Waals surface area contributed by atoms with Crippen LogP contribution in [0.1, 0.15) is 37.9 Å². The maximum Gasteiger partial charge on any atom is 0.338 e. The molecule has 2 aromatic carbocycles. The number of aromatic nitrogens is 1. The van der Waals surface area contributed by atoms with Gasteiger partial charge in [0.1, 0.15) is 0 Å². The van der Waals surface area contributed by atoms with Crippen LogP contribution in [0.15, 0.2) is 51.4 Å². The Morgan fingerprint density at radius 1 is 1.03 bits per heavy atom. The van der Waals surface area contributed by atoms with Crippen LogP contribution in [0.3, 0.4) is 0 Å². The standard InChI is InChI=1S/C28H30N2O8S/c1-7-37-19-14-17(9-10-18(19)34-4)24-23(27(33)38-8-2)15(3)29-28-30(24)26(32)22(39-28)13-16-11-20(35-5)25(31)21(12-16)36-6/h9-14,24,31H,7-8H2,1-6H3/b22-13+/t24-/m0/s1. The molecule has 10 nitrogen and oxygen atoms in total. The number of hydrogen-bond donors (Lipinski definition) is 1. The Labute approximate surface area is 229 Å². The van der Waals surface area contributed by atoms with Crippen LogP contribution in [0.2, 0.25) is 0 Å². The predicted octanol–water partition coefficient (Wildman–Crippen LogP) is 2.93. The molecule has 1 aliphatic heterocycles. The summed E-state index contributed by atoms with van der Waals surface area (Å²) in [5.74, 6) is 0.724. The molecule has 1 aromatic heterocycles. The number of nitrogens with zero attached hydrogens (tertiary/aromatic N) is 2. The SMILES string of the molecule is CCOC(=O)C1=C(C)N=c2s/c(=C/c3cc(OC)c(O)c(OC)c3)c(=O)n2[C@H]1c1ccc(OC)c(OCC)c1. The van der Waals surface area contributed by atoms with E-state index in [9.17, 15) is 14.7 Å². The van der Waals surface area contributed by atoms with E-state index in [0.29, 0.717) is 44.3 Å². The van der Waals surface area contributed by atoms with Gasteiger partial charge in [-0.1, -0.05) is 17.4 Å². The fraction of sp³-hybridized carbons (Fsp3) is 0.321. The minimum atomic E-state index is -0.809. The number of aromatic hydroxyl groups is 1. The lowest BCUT2D eigenvalue weighted by atomic mass is 9.95. The van der Waals surface area contributed by atoms with Gasteiger partial charge in [-0.05, 0) is 62.2 Å². The maximum absolute atomic E-state index is 13.9. The predicted molar refractivity (Wildman–Crippen MR) is 146 cm³/mol. The molecule has 3 aromatic rings. The van der Waals surface area contributed by atoms with E-state index in [1.807, 2.05) is 6.92 Å². The summed E-state index contributed by atoms with van der Waals surface area (Å²) in [5.41, 5.74) is 1.58. The van der Waals surface area contributed by atoms with Crippen molar-refractivity contribution in [2.24, 2.45) is 4.99 Å². The molecule has 0 radical (unpaired) electrons. The van der Waals surface area contributed by atoms with Gasteiger partial charge < -0.3 is 28.8 Å². The van der Waals surface area contributed by atoms with Gasteiger partial charge in [-0.2, -0.15) is 0 Å². The van der Waals surface area contributed by atoms with Crippen LogP contribution in [0, 0.1) is 0 Å². The molecule has 0 saturated heterocycles. The highest BCUT2D eigenvalue weighted by molar-refractivity contribution is 7.07. The van der Waals surface area contributed by atoms with Gasteiger partial charge in [-0.15, -0.1) is 0 Å². The minimum absolute atomic E-state index is 0.141. The summed E-state index contributed by atoms with van der Waals surface area (Å²) in [5, 5.41) is 10.3. The Bertz CT molecular complexity index is 1590. The molecule has 1 aliphatic rings. The molecular weight excluding hydrogens is 524 g/mol. The molecule has 206 valence electrons. The number of carbonyl (C=O) groups excluding carboxylic acids is 1. The van der Waals surface area contributed by atoms with Crippen LogP contribution >= 0.6 is 11.3 Å². The third-order valence-electron chi connectivity index (χ3n) is 6.12. The van der Waals surface area contributed by atoms with Crippen molar-refractivity contribution < 1.29 is 33.6 Å². The summed E-state index contributed by atoms with van der Waals surface area (Å²) in [6, 6.07) is 7.68. The van der Waals surface area contributed by atoms with Crippen LogP contribution in [-0.2, 0) is 9.53 Å². The number of rotatable bonds is 9. The topological polar surface area (TPSA) is 118 Å². The van der Waals surface area contributed by atoms with Crippen LogP contribution in [0.25, 0.3) is 6.08 Å². The van der Waals surface area contributed by atoms with Gasteiger partial charge in [-0.25, -0.2) is 9.79 Å². The first-order chi connectivity index (χ1) is 18.8. The number of benzene rings is 2. The molecule has 0 aliphatic carbocycles. The molecule has 1 atom stereocenters. The van der Waals surface area contributed by atoms with Crippen molar-refractivity contribution in [2.45, 2.75) is 26.8 Å². The van der Waals surface area contributed by atoms with Crippen LogP contribution < -0.4 is 33.8 Å². The molecule has 39 heavy (non-hydrogen) atoms. The molecule has 0 spiro atoms. The number of ether oxygens (including phenoxy) is 5. The Morgan fingerprint density at radius 2 is 1.69 bits per heavy atom. The van der Waals surface area contributed by atoms with Crippen molar-refractivity contribution in [3.05, 3.63) is 72.4 Å². The number of phenols is 1. The van der Waals surface area contributed by atoms with E-state index < -0.39 is 12.0 Å². The maximum atomic E-state index is 13.9. The molecule has 0 fully saturated rings. The van der Waals surface area contributed by atoms with Gasteiger partial charge in [0.05, 0.1) is 56.4 Å². The number of fused-ring (bicyclic) bond motifs is 1. The van der Waals surface area contributed by atoms with Crippen molar-refractivity contribution in [3.8, 4) is 28.7 Å². The second-order valence-electron chi connectivity index (χ2n) is 8.42. The van der Waals surface area contributed by atoms with Crippen molar-refractivity contribution in [1.82, 2.24) is 4.57 Å². The fourth-order valence-corrected chi connectivity index (χ4v) is 5.43. The van der Waals surface area contributed by atoms with Crippen molar-refractivity contribution in [3.63, 3.8) is 0 Å². The molecule has 1 N–H and O–H groups in total. The van der Waals surface area contributed by atoms with Crippen LogP contribution in [-0.4, -0.2) is 50.2 Å². The molecule has 0 unspecified atom stereocenters. The minimum Gasteiger partial charge on any atom is -0.502 e. The lowest BCUT2D eigenvalue weighted by Crippen LogP contribution is -2.40. The zero-order chi connectivity index (χ0) is 28.3. The summed E-state index contributed by atoms with van der Waals surface area (Å²) < 4.78 is 28.9. The lowest BCUT2D eigenvalue weighted by molar-refractivity contribution is -0.139. The summed E-state index contributed by atoms with van der Waals surface area (Å²) in [7, 11) is 4.40. The number of thiazole rings is 1. The quantitative estimate of drug-likeness (QED) is 0.401. The molecule has 11 heteroatoms. The highest BCUT2D eigenvalue weighted by Crippen LogP contribution is 2.38. The Morgan fingerprint density at radius 3 is 2.28 bits per heavy atom. The summed E-state index contributed by atoms with van der Waals surface area (Å²) >= 11 is 1.18. The van der Waals surface area contributed by atoms with Gasteiger partial charge >= 0.3 is 5.97 Å². The van der Waals surface area contributed by atoms with E-state index in [1.54, 1.807) is 57.4 Å². The van der Waals surface area contributed by atoms with Gasteiger partial charge in [0, 0.05) is 0 Å². The van der Waals surface area contributed by atoms with E-state index in [0.717, 1.165) is 0 Å². The number of carbonyl (C=O) groups is 1. The lowest BCUT2D eigenvalue weighted by Gasteiger charge is -2.25. The molecule has 0 bridgehead atoms. The van der Waals surface area contributed by atoms with Gasteiger partial charge in [-0.3, -0.25) is 9.36 Å². The second kappa shape index (κ2) is 11.6. The summed E-state index contributed by atoms with van der Waals surface area (Å²) in [6.07, 6.45) is 1.66. The second-order valence-corrected chi connectivity index (χ2v) is 9.43. The number of esters is 1. The smallest absolute Gasteiger partial charge is 0.338 e. The van der Waals surface area contributed by atoms with E-state index in [1.165, 1.54) is 30.1 Å². The zero-order valence-corrected chi connectivity index (χ0v) is 23.4. The number of allylic oxidation sites excluding steroid dienone is 1. The summed E-state index contributed by atoms with van der Waals surface area (Å²) in [4.78, 5) is 32.1. The highest BCUT2D eigenvalue weighted by Gasteiger charge is 2.34. The summed E-state index contributed by atoms with van der Waals surface area (Å²) in [6.45, 7) is 5.88. The molecular formula is C28H30N2O8S. The third-order valence-corrected chi connectivity index (χ3v) is 7.10. The first-order valence-corrected chi connectivity index (χ1v) is 13.0. The molecule has 4 rings (SSSR count). The van der Waals surface area contributed by atoms with Crippen molar-refractivity contribution in [2.75, 3.05) is 34.5 Å².